The monoisotopic (exact) mass is 302 g/mol. The van der Waals surface area contributed by atoms with E-state index in [2.05, 4.69) is 20.5 Å². The Balaban J connectivity index is 1.59. The SMILES string of the molecule is Oc1ccc(-n2nnnc2SCCCn2ccnc2)cc1. The van der Waals surface area contributed by atoms with Gasteiger partial charge in [-0.25, -0.2) is 4.98 Å². The highest BCUT2D eigenvalue weighted by atomic mass is 32.2. The Labute approximate surface area is 125 Å². The van der Waals surface area contributed by atoms with E-state index in [9.17, 15) is 5.11 Å². The summed E-state index contributed by atoms with van der Waals surface area (Å²) in [6, 6.07) is 6.79. The molecule has 0 aliphatic carbocycles. The largest absolute Gasteiger partial charge is 0.508 e. The van der Waals surface area contributed by atoms with Crippen molar-refractivity contribution < 1.29 is 5.11 Å². The predicted octanol–water partition coefficient (Wildman–Crippen LogP) is 1.75. The van der Waals surface area contributed by atoms with Crippen LogP contribution in [0.3, 0.4) is 0 Å². The van der Waals surface area contributed by atoms with Crippen molar-refractivity contribution in [3.8, 4) is 11.4 Å². The average Bonchev–Trinajstić information content (AvgIpc) is 3.16. The number of aromatic nitrogens is 6. The molecule has 3 rings (SSSR count). The molecule has 1 aromatic carbocycles. The van der Waals surface area contributed by atoms with Crippen LogP contribution in [0, 0.1) is 0 Å². The molecule has 0 saturated heterocycles. The molecule has 7 nitrogen and oxygen atoms in total. The van der Waals surface area contributed by atoms with E-state index in [1.165, 1.54) is 0 Å². The fourth-order valence-corrected chi connectivity index (χ4v) is 2.67. The Morgan fingerprint density at radius 2 is 2.05 bits per heavy atom. The van der Waals surface area contributed by atoms with Crippen LogP contribution in [0.15, 0.2) is 48.1 Å². The molecule has 0 spiro atoms. The first-order chi connectivity index (χ1) is 10.3. The van der Waals surface area contributed by atoms with E-state index in [0.29, 0.717) is 0 Å². The maximum absolute atomic E-state index is 9.31. The quantitative estimate of drug-likeness (QED) is 0.552. The molecule has 0 bridgehead atoms. The van der Waals surface area contributed by atoms with Gasteiger partial charge in [0, 0.05) is 24.7 Å². The first kappa shape index (κ1) is 13.6. The molecule has 0 saturated carbocycles. The number of hydrogen-bond donors (Lipinski definition) is 1. The number of hydrogen-bond acceptors (Lipinski definition) is 6. The van der Waals surface area contributed by atoms with Gasteiger partial charge in [-0.3, -0.25) is 0 Å². The van der Waals surface area contributed by atoms with E-state index < -0.39 is 0 Å². The van der Waals surface area contributed by atoms with E-state index in [4.69, 9.17) is 0 Å². The molecule has 0 atom stereocenters. The number of phenolic OH excluding ortho intramolecular Hbond substituents is 1. The van der Waals surface area contributed by atoms with Crippen LogP contribution in [-0.4, -0.2) is 40.6 Å². The van der Waals surface area contributed by atoms with Crippen LogP contribution in [0.5, 0.6) is 5.75 Å². The molecule has 3 aromatic rings. The van der Waals surface area contributed by atoms with E-state index in [1.807, 2.05) is 17.1 Å². The number of aryl methyl sites for hydroxylation is 1. The third-order valence-corrected chi connectivity index (χ3v) is 3.89. The number of aromatic hydroxyl groups is 1. The van der Waals surface area contributed by atoms with Crippen molar-refractivity contribution in [3.63, 3.8) is 0 Å². The van der Waals surface area contributed by atoms with Gasteiger partial charge >= 0.3 is 0 Å². The van der Waals surface area contributed by atoms with Crippen molar-refractivity contribution in [3.05, 3.63) is 43.0 Å². The highest BCUT2D eigenvalue weighted by molar-refractivity contribution is 7.99. The number of tetrazole rings is 1. The molecule has 0 amide bonds. The van der Waals surface area contributed by atoms with Crippen molar-refractivity contribution in [1.29, 1.82) is 0 Å². The van der Waals surface area contributed by atoms with Gasteiger partial charge in [0.2, 0.25) is 5.16 Å². The topological polar surface area (TPSA) is 81.6 Å². The predicted molar refractivity (Wildman–Crippen MR) is 78.4 cm³/mol. The number of imidazole rings is 1. The molecular weight excluding hydrogens is 288 g/mol. The zero-order valence-electron chi connectivity index (χ0n) is 11.2. The molecule has 0 radical (unpaired) electrons. The van der Waals surface area contributed by atoms with Crippen LogP contribution in [0.4, 0.5) is 0 Å². The van der Waals surface area contributed by atoms with Crippen LogP contribution in [0.2, 0.25) is 0 Å². The van der Waals surface area contributed by atoms with Gasteiger partial charge in [0.1, 0.15) is 5.75 Å². The highest BCUT2D eigenvalue weighted by Crippen LogP contribution is 2.20. The van der Waals surface area contributed by atoms with Crippen LogP contribution in [0.1, 0.15) is 6.42 Å². The summed E-state index contributed by atoms with van der Waals surface area (Å²) in [6.07, 6.45) is 6.54. The summed E-state index contributed by atoms with van der Waals surface area (Å²) in [4.78, 5) is 4.01. The van der Waals surface area contributed by atoms with Crippen molar-refractivity contribution in [2.45, 2.75) is 18.1 Å². The summed E-state index contributed by atoms with van der Waals surface area (Å²) in [5, 5.41) is 21.8. The summed E-state index contributed by atoms with van der Waals surface area (Å²) in [5.74, 6) is 1.14. The van der Waals surface area contributed by atoms with Crippen LogP contribution < -0.4 is 0 Å². The average molecular weight is 302 g/mol. The lowest BCUT2D eigenvalue weighted by Crippen LogP contribution is -2.00. The van der Waals surface area contributed by atoms with Gasteiger partial charge in [-0.2, -0.15) is 4.68 Å². The maximum atomic E-state index is 9.31. The minimum Gasteiger partial charge on any atom is -0.508 e. The number of benzene rings is 1. The van der Waals surface area contributed by atoms with Crippen molar-refractivity contribution in [2.75, 3.05) is 5.75 Å². The van der Waals surface area contributed by atoms with Gasteiger partial charge < -0.3 is 9.67 Å². The molecule has 2 aromatic heterocycles. The van der Waals surface area contributed by atoms with Gasteiger partial charge in [0.05, 0.1) is 12.0 Å². The summed E-state index contributed by atoms with van der Waals surface area (Å²) in [6.45, 7) is 0.924. The first-order valence-electron chi connectivity index (χ1n) is 6.49. The van der Waals surface area contributed by atoms with Gasteiger partial charge in [-0.05, 0) is 41.1 Å². The maximum Gasteiger partial charge on any atom is 0.214 e. The number of rotatable bonds is 6. The van der Waals surface area contributed by atoms with E-state index in [0.717, 1.165) is 29.6 Å². The van der Waals surface area contributed by atoms with Crippen molar-refractivity contribution >= 4 is 11.8 Å². The third kappa shape index (κ3) is 3.40. The van der Waals surface area contributed by atoms with Gasteiger partial charge in [-0.1, -0.05) is 11.8 Å². The Kier molecular flexibility index (Phi) is 4.15. The Bertz CT molecular complexity index is 679. The summed E-state index contributed by atoms with van der Waals surface area (Å²) in [5.41, 5.74) is 0.829. The Morgan fingerprint density at radius 1 is 1.19 bits per heavy atom. The van der Waals surface area contributed by atoms with Crippen molar-refractivity contribution in [1.82, 2.24) is 29.8 Å². The van der Waals surface area contributed by atoms with Gasteiger partial charge in [-0.15, -0.1) is 5.10 Å². The van der Waals surface area contributed by atoms with Crippen molar-refractivity contribution in [2.24, 2.45) is 0 Å². The van der Waals surface area contributed by atoms with E-state index in [-0.39, 0.29) is 5.75 Å². The fraction of sp³-hybridized carbons (Fsp3) is 0.231. The normalized spacial score (nSPS) is 10.9. The zero-order valence-corrected chi connectivity index (χ0v) is 12.0. The Morgan fingerprint density at radius 3 is 2.81 bits per heavy atom. The second-order valence-electron chi connectivity index (χ2n) is 4.39. The van der Waals surface area contributed by atoms with E-state index in [1.54, 1.807) is 46.9 Å². The molecular formula is C13H14N6OS. The lowest BCUT2D eigenvalue weighted by Gasteiger charge is -2.04. The van der Waals surface area contributed by atoms with Crippen LogP contribution >= 0.6 is 11.8 Å². The van der Waals surface area contributed by atoms with Crippen LogP contribution in [-0.2, 0) is 6.54 Å². The molecule has 21 heavy (non-hydrogen) atoms. The van der Waals surface area contributed by atoms with E-state index >= 15 is 0 Å². The first-order valence-corrected chi connectivity index (χ1v) is 7.48. The summed E-state index contributed by atoms with van der Waals surface area (Å²) >= 11 is 1.61. The van der Waals surface area contributed by atoms with Gasteiger partial charge in [0.25, 0.3) is 0 Å². The Hall–Kier alpha value is -2.35. The zero-order chi connectivity index (χ0) is 14.5. The molecule has 2 heterocycles. The fourth-order valence-electron chi connectivity index (χ4n) is 1.85. The molecule has 1 N–H and O–H groups in total. The lowest BCUT2D eigenvalue weighted by molar-refractivity contribution is 0.475. The van der Waals surface area contributed by atoms with Gasteiger partial charge in [0.15, 0.2) is 0 Å². The molecule has 0 aliphatic rings. The molecule has 0 fully saturated rings. The molecule has 108 valence electrons. The number of thioether (sulfide) groups is 1. The molecule has 0 unspecified atom stereocenters. The smallest absolute Gasteiger partial charge is 0.214 e. The number of phenols is 1. The lowest BCUT2D eigenvalue weighted by atomic mass is 10.3. The standard InChI is InChI=1S/C13H14N6OS/c20-12-4-2-11(3-5-12)19-13(15-16-17-19)21-9-1-7-18-8-6-14-10-18/h2-6,8,10,20H,1,7,9H2. The van der Waals surface area contributed by atoms with Crippen LogP contribution in [0.25, 0.3) is 5.69 Å². The molecule has 0 aliphatic heterocycles. The minimum atomic E-state index is 0.223. The minimum absolute atomic E-state index is 0.223. The summed E-state index contributed by atoms with van der Waals surface area (Å²) in [7, 11) is 0. The second-order valence-corrected chi connectivity index (χ2v) is 5.45. The third-order valence-electron chi connectivity index (χ3n) is 2.89. The second kappa shape index (κ2) is 6.40. The highest BCUT2D eigenvalue weighted by Gasteiger charge is 2.08. The summed E-state index contributed by atoms with van der Waals surface area (Å²) < 4.78 is 3.71. The number of nitrogens with zero attached hydrogens (tertiary/aromatic N) is 6. The molecule has 8 heteroatoms.